The molecule has 0 spiro atoms. The van der Waals surface area contributed by atoms with Gasteiger partial charge in [-0.25, -0.2) is 4.98 Å². The molecular weight excluding hydrogens is 476 g/mol. The average molecular weight is 497 g/mol. The van der Waals surface area contributed by atoms with E-state index in [2.05, 4.69) is 25.3 Å². The fourth-order valence-corrected chi connectivity index (χ4v) is 4.07. The third-order valence-electron chi connectivity index (χ3n) is 5.22. The van der Waals surface area contributed by atoms with Crippen LogP contribution in [-0.2, 0) is 0 Å². The van der Waals surface area contributed by atoms with Gasteiger partial charge in [-0.1, -0.05) is 54.6 Å². The Kier molecular flexibility index (Phi) is 7.14. The zero-order valence-corrected chi connectivity index (χ0v) is 18.9. The van der Waals surface area contributed by atoms with E-state index in [9.17, 15) is 13.2 Å². The molecular formula is C23H21Cl2F3N4O. The number of anilines is 3. The van der Waals surface area contributed by atoms with E-state index in [1.165, 1.54) is 24.6 Å². The first-order chi connectivity index (χ1) is 15.7. The largest absolute Gasteiger partial charge is 0.573 e. The third kappa shape index (κ3) is 6.65. The normalized spacial score (nSPS) is 14.7. The Balaban J connectivity index is 1.69. The zero-order valence-electron chi connectivity index (χ0n) is 17.4. The second-order valence-corrected chi connectivity index (χ2v) is 8.61. The van der Waals surface area contributed by atoms with Crippen molar-refractivity contribution >= 4 is 40.7 Å². The second kappa shape index (κ2) is 10.1. The van der Waals surface area contributed by atoms with E-state index in [0.29, 0.717) is 38.8 Å². The van der Waals surface area contributed by atoms with E-state index in [-0.39, 0.29) is 11.8 Å². The average Bonchev–Trinajstić information content (AvgIpc) is 2.76. The molecule has 1 aliphatic rings. The number of alkyl halides is 3. The number of hydrogen-bond donors (Lipinski definition) is 2. The van der Waals surface area contributed by atoms with Gasteiger partial charge in [0.25, 0.3) is 0 Å². The molecule has 174 valence electrons. The van der Waals surface area contributed by atoms with Gasteiger partial charge in [-0.3, -0.25) is 0 Å². The highest BCUT2D eigenvalue weighted by atomic mass is 35.5. The van der Waals surface area contributed by atoms with E-state index in [4.69, 9.17) is 23.2 Å². The lowest BCUT2D eigenvalue weighted by atomic mass is 9.96. The lowest BCUT2D eigenvalue weighted by Crippen LogP contribution is -2.23. The Hall–Kier alpha value is -2.71. The molecule has 1 saturated carbocycles. The first-order valence-electron chi connectivity index (χ1n) is 10.5. The van der Waals surface area contributed by atoms with Gasteiger partial charge in [-0.15, -0.1) is 13.2 Å². The molecule has 33 heavy (non-hydrogen) atoms. The topological polar surface area (TPSA) is 59.1 Å². The van der Waals surface area contributed by atoms with Crippen LogP contribution >= 0.6 is 23.2 Å². The van der Waals surface area contributed by atoms with Gasteiger partial charge in [0.1, 0.15) is 11.6 Å². The molecule has 2 aromatic carbocycles. The predicted molar refractivity (Wildman–Crippen MR) is 124 cm³/mol. The van der Waals surface area contributed by atoms with Crippen LogP contribution in [0.1, 0.15) is 32.1 Å². The number of ether oxygens (including phenoxy) is 1. The summed E-state index contributed by atoms with van der Waals surface area (Å²) in [4.78, 5) is 9.11. The number of aromatic nitrogens is 2. The Labute approximate surface area is 199 Å². The van der Waals surface area contributed by atoms with Gasteiger partial charge < -0.3 is 15.4 Å². The maximum Gasteiger partial charge on any atom is 0.573 e. The van der Waals surface area contributed by atoms with Gasteiger partial charge in [0, 0.05) is 22.7 Å². The first-order valence-corrected chi connectivity index (χ1v) is 11.2. The molecule has 10 heteroatoms. The van der Waals surface area contributed by atoms with Crippen LogP contribution in [0, 0.1) is 0 Å². The zero-order chi connectivity index (χ0) is 23.4. The number of nitrogens with zero attached hydrogens (tertiary/aromatic N) is 2. The maximum absolute atomic E-state index is 12.7. The van der Waals surface area contributed by atoms with Crippen molar-refractivity contribution < 1.29 is 17.9 Å². The molecule has 0 unspecified atom stereocenters. The van der Waals surface area contributed by atoms with Crippen LogP contribution in [0.5, 0.6) is 5.75 Å². The van der Waals surface area contributed by atoms with Crippen LogP contribution in [0.2, 0.25) is 10.0 Å². The molecule has 0 radical (unpaired) electrons. The van der Waals surface area contributed by atoms with Crippen LogP contribution < -0.4 is 15.4 Å². The lowest BCUT2D eigenvalue weighted by molar-refractivity contribution is -0.274. The molecule has 2 N–H and O–H groups in total. The number of hydrogen-bond acceptors (Lipinski definition) is 5. The van der Waals surface area contributed by atoms with Crippen LogP contribution in [-0.4, -0.2) is 22.4 Å². The van der Waals surface area contributed by atoms with Crippen molar-refractivity contribution in [2.75, 3.05) is 10.6 Å². The quantitative estimate of drug-likeness (QED) is 0.363. The number of halogens is 5. The van der Waals surface area contributed by atoms with Gasteiger partial charge in [0.2, 0.25) is 5.95 Å². The molecule has 3 aromatic rings. The number of benzene rings is 2. The van der Waals surface area contributed by atoms with E-state index < -0.39 is 6.36 Å². The molecule has 1 fully saturated rings. The third-order valence-corrected chi connectivity index (χ3v) is 5.78. The van der Waals surface area contributed by atoms with Crippen LogP contribution in [0.25, 0.3) is 11.3 Å². The highest BCUT2D eigenvalue weighted by Gasteiger charge is 2.31. The summed E-state index contributed by atoms with van der Waals surface area (Å²) in [6.45, 7) is 0. The molecule has 1 aliphatic carbocycles. The van der Waals surface area contributed by atoms with E-state index in [1.54, 1.807) is 30.3 Å². The molecule has 0 atom stereocenters. The smallest absolute Gasteiger partial charge is 0.406 e. The SMILES string of the molecule is FC(F)(F)Oc1cccc(-c2cc(Nc3cc(Cl)ccc3Cl)nc(NC3CCCCC3)n2)c1. The van der Waals surface area contributed by atoms with Crippen molar-refractivity contribution in [2.45, 2.75) is 44.5 Å². The Bertz CT molecular complexity index is 1120. The predicted octanol–water partition coefficient (Wildman–Crippen LogP) is 7.84. The summed E-state index contributed by atoms with van der Waals surface area (Å²) in [6.07, 6.45) is 0.671. The van der Waals surface area contributed by atoms with Gasteiger partial charge in [-0.2, -0.15) is 4.98 Å². The van der Waals surface area contributed by atoms with Gasteiger partial charge in [-0.05, 0) is 43.2 Å². The van der Waals surface area contributed by atoms with Gasteiger partial charge >= 0.3 is 6.36 Å². The molecule has 0 saturated heterocycles. The number of rotatable bonds is 6. The molecule has 0 amide bonds. The Morgan fingerprint density at radius 2 is 1.73 bits per heavy atom. The van der Waals surface area contributed by atoms with Crippen LogP contribution in [0.3, 0.4) is 0 Å². The molecule has 1 aromatic heterocycles. The van der Waals surface area contributed by atoms with Gasteiger partial charge in [0.05, 0.1) is 16.4 Å². The second-order valence-electron chi connectivity index (χ2n) is 7.77. The van der Waals surface area contributed by atoms with Crippen molar-refractivity contribution in [3.63, 3.8) is 0 Å². The van der Waals surface area contributed by atoms with Crippen LogP contribution in [0.4, 0.5) is 30.6 Å². The summed E-state index contributed by atoms with van der Waals surface area (Å²) in [5.41, 5.74) is 1.43. The summed E-state index contributed by atoms with van der Waals surface area (Å²) in [5, 5.41) is 7.44. The summed E-state index contributed by atoms with van der Waals surface area (Å²) in [7, 11) is 0. The first kappa shape index (κ1) is 23.4. The van der Waals surface area contributed by atoms with E-state index in [1.807, 2.05) is 0 Å². The molecule has 5 nitrogen and oxygen atoms in total. The van der Waals surface area contributed by atoms with E-state index in [0.717, 1.165) is 25.7 Å². The highest BCUT2D eigenvalue weighted by molar-refractivity contribution is 6.35. The van der Waals surface area contributed by atoms with Crippen molar-refractivity contribution in [2.24, 2.45) is 0 Å². The standard InChI is InChI=1S/C23H21Cl2F3N4O/c24-15-9-10-18(25)20(12-15)30-21-13-19(14-5-4-8-17(11-14)33-23(26,27)28)31-22(32-21)29-16-6-2-1-3-7-16/h4-5,8-13,16H,1-3,6-7H2,(H2,29,30,31,32). The summed E-state index contributed by atoms with van der Waals surface area (Å²) < 4.78 is 42.1. The van der Waals surface area contributed by atoms with Crippen molar-refractivity contribution in [1.82, 2.24) is 9.97 Å². The minimum absolute atomic E-state index is 0.233. The minimum atomic E-state index is -4.78. The fourth-order valence-electron chi connectivity index (χ4n) is 3.74. The highest BCUT2D eigenvalue weighted by Crippen LogP contribution is 2.32. The van der Waals surface area contributed by atoms with Crippen LogP contribution in [0.15, 0.2) is 48.5 Å². The lowest BCUT2D eigenvalue weighted by Gasteiger charge is -2.23. The minimum Gasteiger partial charge on any atom is -0.406 e. The summed E-state index contributed by atoms with van der Waals surface area (Å²) >= 11 is 12.4. The molecule has 1 heterocycles. The monoisotopic (exact) mass is 496 g/mol. The maximum atomic E-state index is 12.7. The fraction of sp³-hybridized carbons (Fsp3) is 0.304. The van der Waals surface area contributed by atoms with Crippen molar-refractivity contribution in [3.8, 4) is 17.0 Å². The Morgan fingerprint density at radius 3 is 2.48 bits per heavy atom. The van der Waals surface area contributed by atoms with E-state index >= 15 is 0 Å². The van der Waals surface area contributed by atoms with Gasteiger partial charge in [0.15, 0.2) is 0 Å². The molecule has 4 rings (SSSR count). The molecule has 0 bridgehead atoms. The molecule has 0 aliphatic heterocycles. The number of nitrogens with one attached hydrogen (secondary N) is 2. The van der Waals surface area contributed by atoms with Crippen molar-refractivity contribution in [1.29, 1.82) is 0 Å². The van der Waals surface area contributed by atoms with Crippen molar-refractivity contribution in [3.05, 3.63) is 58.6 Å². The summed E-state index contributed by atoms with van der Waals surface area (Å²) in [5.74, 6) is 0.472. The summed E-state index contributed by atoms with van der Waals surface area (Å²) in [6, 6.07) is 12.5. The Morgan fingerprint density at radius 1 is 0.939 bits per heavy atom.